The molecule has 0 saturated carbocycles. The molecule has 0 amide bonds. The summed E-state index contributed by atoms with van der Waals surface area (Å²) in [6, 6.07) is 14.9. The highest BCUT2D eigenvalue weighted by Gasteiger charge is 2.21. The van der Waals surface area contributed by atoms with Crippen LogP contribution in [0.4, 0.5) is 0 Å². The van der Waals surface area contributed by atoms with Crippen molar-refractivity contribution in [3.63, 3.8) is 0 Å². The van der Waals surface area contributed by atoms with Crippen LogP contribution in [0.15, 0.2) is 63.7 Å². The van der Waals surface area contributed by atoms with Gasteiger partial charge in [0.2, 0.25) is 9.84 Å². The molecule has 2 aromatic carbocycles. The molecule has 0 aliphatic rings. The second-order valence-corrected chi connectivity index (χ2v) is 10.7. The fraction of sp³-hybridized carbons (Fsp3) is 0.182. The van der Waals surface area contributed by atoms with Crippen molar-refractivity contribution in [2.75, 3.05) is 0 Å². The summed E-state index contributed by atoms with van der Waals surface area (Å²) in [6.07, 6.45) is 1.37. The maximum absolute atomic E-state index is 12.7. The second-order valence-electron chi connectivity index (χ2n) is 7.49. The molecule has 0 spiro atoms. The standard InChI is InChI=1S/C22H19ClN2O2S2/c1-22(2,3)20-14-28-21(25-20)16-6-4-15(5-7-16)12-19(13-24)29(26,27)18-10-8-17(23)9-11-18/h4-12,14H,1-3H3/b19-12+. The number of nitrogens with zero attached hydrogens (tertiary/aromatic N) is 2. The third kappa shape index (κ3) is 4.76. The lowest BCUT2D eigenvalue weighted by Gasteiger charge is -2.14. The van der Waals surface area contributed by atoms with E-state index in [2.05, 4.69) is 31.1 Å². The first-order chi connectivity index (χ1) is 13.6. The van der Waals surface area contributed by atoms with Gasteiger partial charge < -0.3 is 0 Å². The molecular formula is C22H19ClN2O2S2. The molecule has 0 N–H and O–H groups in total. The van der Waals surface area contributed by atoms with Gasteiger partial charge in [0, 0.05) is 21.4 Å². The van der Waals surface area contributed by atoms with Gasteiger partial charge in [-0.3, -0.25) is 0 Å². The molecule has 3 rings (SSSR count). The highest BCUT2D eigenvalue weighted by molar-refractivity contribution is 7.95. The van der Waals surface area contributed by atoms with Crippen LogP contribution in [0.25, 0.3) is 16.6 Å². The van der Waals surface area contributed by atoms with E-state index in [1.165, 1.54) is 30.3 Å². The normalized spacial score (nSPS) is 12.6. The zero-order chi connectivity index (χ0) is 21.2. The van der Waals surface area contributed by atoms with E-state index in [4.69, 9.17) is 11.6 Å². The minimum Gasteiger partial charge on any atom is -0.241 e. The van der Waals surface area contributed by atoms with E-state index in [0.717, 1.165) is 16.3 Å². The minimum atomic E-state index is -3.91. The van der Waals surface area contributed by atoms with Crippen molar-refractivity contribution in [1.82, 2.24) is 4.98 Å². The van der Waals surface area contributed by atoms with E-state index in [-0.39, 0.29) is 15.2 Å². The van der Waals surface area contributed by atoms with Gasteiger partial charge in [-0.15, -0.1) is 11.3 Å². The average molecular weight is 443 g/mol. The Morgan fingerprint density at radius 1 is 1.10 bits per heavy atom. The molecule has 0 aliphatic carbocycles. The van der Waals surface area contributed by atoms with E-state index >= 15 is 0 Å². The molecule has 0 aliphatic heterocycles. The number of aromatic nitrogens is 1. The zero-order valence-electron chi connectivity index (χ0n) is 16.2. The van der Waals surface area contributed by atoms with Gasteiger partial charge in [0.1, 0.15) is 16.0 Å². The van der Waals surface area contributed by atoms with Crippen LogP contribution in [0.2, 0.25) is 5.02 Å². The van der Waals surface area contributed by atoms with Gasteiger partial charge in [0.05, 0.1) is 10.6 Å². The lowest BCUT2D eigenvalue weighted by Crippen LogP contribution is -2.11. The summed E-state index contributed by atoms with van der Waals surface area (Å²) >= 11 is 7.39. The van der Waals surface area contributed by atoms with Gasteiger partial charge in [0.15, 0.2) is 0 Å². The average Bonchev–Trinajstić information content (AvgIpc) is 3.17. The predicted molar refractivity (Wildman–Crippen MR) is 118 cm³/mol. The first-order valence-electron chi connectivity index (χ1n) is 8.80. The number of allylic oxidation sites excluding steroid dienone is 1. The SMILES string of the molecule is CC(C)(C)c1csc(-c2ccc(/C=C(\C#N)S(=O)(=O)c3ccc(Cl)cc3)cc2)n1. The maximum atomic E-state index is 12.7. The fourth-order valence-corrected chi connectivity index (χ4v) is 4.87. The number of sulfone groups is 1. The Balaban J connectivity index is 1.90. The fourth-order valence-electron chi connectivity index (χ4n) is 2.53. The lowest BCUT2D eigenvalue weighted by molar-refractivity contribution is 0.573. The number of benzene rings is 2. The number of thiazole rings is 1. The molecule has 0 bridgehead atoms. The maximum Gasteiger partial charge on any atom is 0.216 e. The Morgan fingerprint density at radius 2 is 1.72 bits per heavy atom. The van der Waals surface area contributed by atoms with Crippen LogP contribution in [0.3, 0.4) is 0 Å². The zero-order valence-corrected chi connectivity index (χ0v) is 18.6. The Labute approximate surface area is 180 Å². The summed E-state index contributed by atoms with van der Waals surface area (Å²) in [4.78, 5) is 4.40. The molecule has 1 aromatic heterocycles. The molecule has 3 aromatic rings. The van der Waals surface area contributed by atoms with Crippen molar-refractivity contribution in [1.29, 1.82) is 5.26 Å². The summed E-state index contributed by atoms with van der Waals surface area (Å²) in [5, 5.41) is 12.8. The van der Waals surface area contributed by atoms with Gasteiger partial charge in [-0.1, -0.05) is 56.6 Å². The molecule has 4 nitrogen and oxygen atoms in total. The van der Waals surface area contributed by atoms with Crippen LogP contribution in [-0.4, -0.2) is 13.4 Å². The molecule has 1 heterocycles. The molecule has 0 fully saturated rings. The van der Waals surface area contributed by atoms with Crippen LogP contribution in [-0.2, 0) is 15.3 Å². The molecular weight excluding hydrogens is 424 g/mol. The van der Waals surface area contributed by atoms with Crippen molar-refractivity contribution in [2.45, 2.75) is 31.1 Å². The molecule has 148 valence electrons. The Bertz CT molecular complexity index is 1200. The van der Waals surface area contributed by atoms with Crippen molar-refractivity contribution >= 4 is 38.9 Å². The van der Waals surface area contributed by atoms with Crippen molar-refractivity contribution in [3.8, 4) is 16.6 Å². The Kier molecular flexibility index (Phi) is 5.95. The summed E-state index contributed by atoms with van der Waals surface area (Å²) < 4.78 is 25.4. The van der Waals surface area contributed by atoms with Gasteiger partial charge in [-0.25, -0.2) is 13.4 Å². The number of hydrogen-bond donors (Lipinski definition) is 0. The Hall–Kier alpha value is -2.46. The number of nitriles is 1. The smallest absolute Gasteiger partial charge is 0.216 e. The van der Waals surface area contributed by atoms with E-state index in [9.17, 15) is 13.7 Å². The van der Waals surface area contributed by atoms with Gasteiger partial charge in [-0.2, -0.15) is 5.26 Å². The largest absolute Gasteiger partial charge is 0.241 e. The molecule has 0 unspecified atom stereocenters. The molecule has 7 heteroatoms. The van der Waals surface area contributed by atoms with Gasteiger partial charge in [0.25, 0.3) is 0 Å². The van der Waals surface area contributed by atoms with Crippen LogP contribution in [0, 0.1) is 11.3 Å². The van der Waals surface area contributed by atoms with Crippen LogP contribution >= 0.6 is 22.9 Å². The second kappa shape index (κ2) is 8.11. The van der Waals surface area contributed by atoms with E-state index < -0.39 is 9.84 Å². The quantitative estimate of drug-likeness (QED) is 0.457. The number of rotatable bonds is 4. The van der Waals surface area contributed by atoms with Crippen molar-refractivity contribution < 1.29 is 8.42 Å². The third-order valence-corrected chi connectivity index (χ3v) is 7.08. The first-order valence-corrected chi connectivity index (χ1v) is 11.5. The van der Waals surface area contributed by atoms with E-state index in [0.29, 0.717) is 10.6 Å². The predicted octanol–water partition coefficient (Wildman–Crippen LogP) is 6.10. The number of halogens is 1. The summed E-state index contributed by atoms with van der Waals surface area (Å²) in [5.74, 6) is 0. The molecule has 29 heavy (non-hydrogen) atoms. The summed E-state index contributed by atoms with van der Waals surface area (Å²) in [6.45, 7) is 6.35. The van der Waals surface area contributed by atoms with Crippen molar-refractivity contribution in [2.24, 2.45) is 0 Å². The minimum absolute atomic E-state index is 0.0187. The topological polar surface area (TPSA) is 70.8 Å². The van der Waals surface area contributed by atoms with Crippen molar-refractivity contribution in [3.05, 3.63) is 75.1 Å². The molecule has 0 radical (unpaired) electrons. The first kappa shape index (κ1) is 21.3. The van der Waals surface area contributed by atoms with Gasteiger partial charge in [-0.05, 0) is 35.9 Å². The molecule has 0 atom stereocenters. The third-order valence-electron chi connectivity index (χ3n) is 4.25. The van der Waals surface area contributed by atoms with E-state index in [1.54, 1.807) is 29.5 Å². The van der Waals surface area contributed by atoms with Gasteiger partial charge >= 0.3 is 0 Å². The Morgan fingerprint density at radius 3 is 2.24 bits per heavy atom. The highest BCUT2D eigenvalue weighted by Crippen LogP contribution is 2.30. The van der Waals surface area contributed by atoms with E-state index in [1.807, 2.05) is 12.1 Å². The van der Waals surface area contributed by atoms with Crippen LogP contribution < -0.4 is 0 Å². The van der Waals surface area contributed by atoms with Crippen LogP contribution in [0.5, 0.6) is 0 Å². The highest BCUT2D eigenvalue weighted by atomic mass is 35.5. The molecule has 0 saturated heterocycles. The van der Waals surface area contributed by atoms with Crippen LogP contribution in [0.1, 0.15) is 32.0 Å². The number of hydrogen-bond acceptors (Lipinski definition) is 5. The monoisotopic (exact) mass is 442 g/mol. The summed E-state index contributed by atoms with van der Waals surface area (Å²) in [7, 11) is -3.91. The lowest BCUT2D eigenvalue weighted by atomic mass is 9.93. The summed E-state index contributed by atoms with van der Waals surface area (Å²) in [5.41, 5.74) is 2.58.